The zero-order valence-electron chi connectivity index (χ0n) is 9.96. The summed E-state index contributed by atoms with van der Waals surface area (Å²) in [5, 5.41) is 0. The standard InChI is InChI=1S/C12H13F3INO/c1-8(2)17(7-12(13,14)15)11(18)9-4-3-5-10(16)6-9/h3-6,8H,7H2,1-2H3. The molecule has 0 radical (unpaired) electrons. The molecule has 100 valence electrons. The van der Waals surface area contributed by atoms with Gasteiger partial charge in [0.25, 0.3) is 5.91 Å². The molecule has 0 N–H and O–H groups in total. The van der Waals surface area contributed by atoms with Crippen molar-refractivity contribution in [2.24, 2.45) is 0 Å². The van der Waals surface area contributed by atoms with E-state index in [1.807, 2.05) is 22.6 Å². The molecule has 0 aromatic heterocycles. The minimum Gasteiger partial charge on any atom is -0.327 e. The maximum Gasteiger partial charge on any atom is 0.406 e. The smallest absolute Gasteiger partial charge is 0.327 e. The normalized spacial score (nSPS) is 11.7. The van der Waals surface area contributed by atoms with Crippen molar-refractivity contribution in [1.82, 2.24) is 4.90 Å². The van der Waals surface area contributed by atoms with Gasteiger partial charge < -0.3 is 4.90 Å². The summed E-state index contributed by atoms with van der Waals surface area (Å²) in [6.45, 7) is 1.91. The van der Waals surface area contributed by atoms with Crippen molar-refractivity contribution in [3.8, 4) is 0 Å². The van der Waals surface area contributed by atoms with Gasteiger partial charge in [0.2, 0.25) is 0 Å². The van der Waals surface area contributed by atoms with Crippen LogP contribution >= 0.6 is 22.6 Å². The molecule has 6 heteroatoms. The van der Waals surface area contributed by atoms with E-state index in [0.717, 1.165) is 8.47 Å². The highest BCUT2D eigenvalue weighted by Crippen LogP contribution is 2.20. The van der Waals surface area contributed by atoms with Crippen molar-refractivity contribution in [3.05, 3.63) is 33.4 Å². The van der Waals surface area contributed by atoms with E-state index in [4.69, 9.17) is 0 Å². The molecule has 0 saturated carbocycles. The number of hydrogen-bond donors (Lipinski definition) is 0. The second-order valence-electron chi connectivity index (χ2n) is 4.15. The van der Waals surface area contributed by atoms with Crippen LogP contribution in [-0.2, 0) is 0 Å². The first kappa shape index (κ1) is 15.3. The molecule has 1 rings (SSSR count). The van der Waals surface area contributed by atoms with Gasteiger partial charge in [0.1, 0.15) is 6.54 Å². The highest BCUT2D eigenvalue weighted by molar-refractivity contribution is 14.1. The number of carbonyl (C=O) groups excluding carboxylic acids is 1. The lowest BCUT2D eigenvalue weighted by molar-refractivity contribution is -0.143. The van der Waals surface area contributed by atoms with Gasteiger partial charge in [-0.25, -0.2) is 0 Å². The van der Waals surface area contributed by atoms with Crippen LogP contribution in [0.2, 0.25) is 0 Å². The Morgan fingerprint density at radius 3 is 2.44 bits per heavy atom. The number of rotatable bonds is 3. The zero-order valence-corrected chi connectivity index (χ0v) is 12.1. The molecule has 1 amide bonds. The summed E-state index contributed by atoms with van der Waals surface area (Å²) in [6, 6.07) is 6.03. The fourth-order valence-electron chi connectivity index (χ4n) is 1.47. The largest absolute Gasteiger partial charge is 0.406 e. The Hall–Kier alpha value is -0.790. The Balaban J connectivity index is 2.97. The molecule has 0 aliphatic heterocycles. The molecule has 0 fully saturated rings. The van der Waals surface area contributed by atoms with Gasteiger partial charge in [0.15, 0.2) is 0 Å². The summed E-state index contributed by atoms with van der Waals surface area (Å²) in [5.41, 5.74) is 0.278. The molecule has 18 heavy (non-hydrogen) atoms. The molecular weight excluding hydrogens is 358 g/mol. The third kappa shape index (κ3) is 4.47. The first-order chi connectivity index (χ1) is 8.20. The fraction of sp³-hybridized carbons (Fsp3) is 0.417. The van der Waals surface area contributed by atoms with Crippen LogP contribution in [0.1, 0.15) is 24.2 Å². The lowest BCUT2D eigenvalue weighted by Gasteiger charge is -2.27. The Morgan fingerprint density at radius 1 is 1.39 bits per heavy atom. The number of amides is 1. The van der Waals surface area contributed by atoms with Gasteiger partial charge in [-0.05, 0) is 54.6 Å². The zero-order chi connectivity index (χ0) is 13.9. The summed E-state index contributed by atoms with van der Waals surface area (Å²) in [7, 11) is 0. The highest BCUT2D eigenvalue weighted by atomic mass is 127. The lowest BCUT2D eigenvalue weighted by atomic mass is 10.1. The Bertz CT molecular complexity index is 432. The second kappa shape index (κ2) is 5.90. The molecule has 0 aliphatic rings. The van der Waals surface area contributed by atoms with Crippen molar-refractivity contribution in [1.29, 1.82) is 0 Å². The van der Waals surface area contributed by atoms with Crippen molar-refractivity contribution in [2.45, 2.75) is 26.1 Å². The summed E-state index contributed by atoms with van der Waals surface area (Å²) in [5.74, 6) is -0.596. The van der Waals surface area contributed by atoms with E-state index in [2.05, 4.69) is 0 Å². The Morgan fingerprint density at radius 2 is 2.00 bits per heavy atom. The molecule has 0 bridgehead atoms. The van der Waals surface area contributed by atoms with Gasteiger partial charge >= 0.3 is 6.18 Å². The maximum atomic E-state index is 12.4. The van der Waals surface area contributed by atoms with E-state index in [1.165, 1.54) is 6.07 Å². The summed E-state index contributed by atoms with van der Waals surface area (Å²) in [4.78, 5) is 12.9. The third-order valence-electron chi connectivity index (χ3n) is 2.31. The molecule has 0 unspecified atom stereocenters. The Labute approximate surface area is 117 Å². The van der Waals surface area contributed by atoms with E-state index < -0.39 is 24.7 Å². The van der Waals surface area contributed by atoms with E-state index >= 15 is 0 Å². The average Bonchev–Trinajstić information content (AvgIpc) is 2.23. The number of halogens is 4. The summed E-state index contributed by atoms with van der Waals surface area (Å²) in [6.07, 6.45) is -4.39. The van der Waals surface area contributed by atoms with Crippen LogP contribution in [0.5, 0.6) is 0 Å². The molecule has 0 spiro atoms. The average molecular weight is 371 g/mol. The van der Waals surface area contributed by atoms with Gasteiger partial charge in [-0.2, -0.15) is 13.2 Å². The number of nitrogens with zero attached hydrogens (tertiary/aromatic N) is 1. The van der Waals surface area contributed by atoms with Crippen molar-refractivity contribution < 1.29 is 18.0 Å². The highest BCUT2D eigenvalue weighted by Gasteiger charge is 2.34. The van der Waals surface area contributed by atoms with Crippen LogP contribution in [0.25, 0.3) is 0 Å². The molecule has 0 atom stereocenters. The van der Waals surface area contributed by atoms with Crippen LogP contribution in [0, 0.1) is 3.57 Å². The van der Waals surface area contributed by atoms with E-state index in [1.54, 1.807) is 32.0 Å². The van der Waals surface area contributed by atoms with Gasteiger partial charge in [-0.3, -0.25) is 4.79 Å². The number of hydrogen-bond acceptors (Lipinski definition) is 1. The minimum atomic E-state index is -4.39. The molecule has 0 heterocycles. The van der Waals surface area contributed by atoms with Crippen LogP contribution in [0.3, 0.4) is 0 Å². The van der Waals surface area contributed by atoms with Crippen LogP contribution < -0.4 is 0 Å². The van der Waals surface area contributed by atoms with Crippen LogP contribution in [0.15, 0.2) is 24.3 Å². The van der Waals surface area contributed by atoms with Crippen molar-refractivity contribution in [2.75, 3.05) is 6.54 Å². The fourth-order valence-corrected chi connectivity index (χ4v) is 2.01. The first-order valence-corrected chi connectivity index (χ1v) is 6.42. The maximum absolute atomic E-state index is 12.4. The second-order valence-corrected chi connectivity index (χ2v) is 5.40. The van der Waals surface area contributed by atoms with E-state index in [-0.39, 0.29) is 5.56 Å². The predicted octanol–water partition coefficient (Wildman–Crippen LogP) is 3.70. The van der Waals surface area contributed by atoms with Crippen LogP contribution in [0.4, 0.5) is 13.2 Å². The monoisotopic (exact) mass is 371 g/mol. The molecular formula is C12H13F3INO. The van der Waals surface area contributed by atoms with Crippen molar-refractivity contribution >= 4 is 28.5 Å². The van der Waals surface area contributed by atoms with Crippen molar-refractivity contribution in [3.63, 3.8) is 0 Å². The summed E-state index contributed by atoms with van der Waals surface area (Å²) >= 11 is 2.01. The van der Waals surface area contributed by atoms with Gasteiger partial charge in [-0.15, -0.1) is 0 Å². The third-order valence-corrected chi connectivity index (χ3v) is 2.98. The number of benzene rings is 1. The topological polar surface area (TPSA) is 20.3 Å². The minimum absolute atomic E-state index is 0.278. The van der Waals surface area contributed by atoms with E-state index in [0.29, 0.717) is 0 Å². The van der Waals surface area contributed by atoms with E-state index in [9.17, 15) is 18.0 Å². The lowest BCUT2D eigenvalue weighted by Crippen LogP contribution is -2.43. The first-order valence-electron chi connectivity index (χ1n) is 5.34. The summed E-state index contributed by atoms with van der Waals surface area (Å²) < 4.78 is 38.1. The number of alkyl halides is 3. The number of carbonyl (C=O) groups is 1. The SMILES string of the molecule is CC(C)N(CC(F)(F)F)C(=O)c1cccc(I)c1. The molecule has 0 aliphatic carbocycles. The molecule has 1 aromatic rings. The van der Waals surface area contributed by atoms with Gasteiger partial charge in [-0.1, -0.05) is 6.07 Å². The van der Waals surface area contributed by atoms with Gasteiger partial charge in [0.05, 0.1) is 0 Å². The van der Waals surface area contributed by atoms with Crippen LogP contribution in [-0.4, -0.2) is 29.6 Å². The Kier molecular flexibility index (Phi) is 5.01. The predicted molar refractivity (Wildman–Crippen MR) is 71.4 cm³/mol. The van der Waals surface area contributed by atoms with Gasteiger partial charge in [0, 0.05) is 15.2 Å². The molecule has 0 saturated heterocycles. The molecule has 1 aromatic carbocycles. The molecule has 2 nitrogen and oxygen atoms in total. The quantitative estimate of drug-likeness (QED) is 0.742.